The molecular formula is C19H18N2OS. The zero-order valence-electron chi connectivity index (χ0n) is 13.4. The number of thioether (sulfide) groups is 1. The van der Waals surface area contributed by atoms with E-state index in [1.165, 1.54) is 11.8 Å². The molecule has 1 aliphatic rings. The summed E-state index contributed by atoms with van der Waals surface area (Å²) in [5.74, 6) is -0.0959. The molecule has 1 fully saturated rings. The van der Waals surface area contributed by atoms with Crippen LogP contribution in [0, 0.1) is 20.8 Å². The Hall–Kier alpha value is -2.33. The zero-order valence-corrected chi connectivity index (χ0v) is 14.2. The molecule has 3 nitrogen and oxygen atoms in total. The van der Waals surface area contributed by atoms with Gasteiger partial charge in [0.25, 0.3) is 5.91 Å². The van der Waals surface area contributed by atoms with Gasteiger partial charge in [-0.15, -0.1) is 0 Å². The number of rotatable bonds is 2. The minimum absolute atomic E-state index is 0.0959. The maximum Gasteiger partial charge on any atom is 0.264 e. The Bertz CT molecular complexity index is 817. The van der Waals surface area contributed by atoms with Crippen molar-refractivity contribution in [2.75, 3.05) is 0 Å². The third-order valence-electron chi connectivity index (χ3n) is 3.56. The SMILES string of the molecule is Cc1cc(C)cc(N=C2NC(=O)C(=Cc3ccccc3C)S2)c1. The van der Waals surface area contributed by atoms with Gasteiger partial charge in [0, 0.05) is 0 Å². The quantitative estimate of drug-likeness (QED) is 0.827. The summed E-state index contributed by atoms with van der Waals surface area (Å²) in [5.41, 5.74) is 5.39. The molecule has 116 valence electrons. The monoisotopic (exact) mass is 322 g/mol. The number of benzene rings is 2. The number of carbonyl (C=O) groups excluding carboxylic acids is 1. The summed E-state index contributed by atoms with van der Waals surface area (Å²) in [4.78, 5) is 17.4. The second-order valence-electron chi connectivity index (χ2n) is 5.68. The van der Waals surface area contributed by atoms with E-state index in [1.807, 2.05) is 63.2 Å². The molecule has 2 aromatic carbocycles. The fourth-order valence-corrected chi connectivity index (χ4v) is 3.34. The Kier molecular flexibility index (Phi) is 4.35. The highest BCUT2D eigenvalue weighted by molar-refractivity contribution is 8.18. The Balaban J connectivity index is 1.87. The molecule has 2 aromatic rings. The van der Waals surface area contributed by atoms with Crippen LogP contribution >= 0.6 is 11.8 Å². The van der Waals surface area contributed by atoms with E-state index < -0.39 is 0 Å². The molecule has 0 saturated carbocycles. The van der Waals surface area contributed by atoms with Gasteiger partial charge in [0.2, 0.25) is 0 Å². The molecule has 0 aliphatic carbocycles. The van der Waals surface area contributed by atoms with Crippen molar-refractivity contribution in [2.24, 2.45) is 4.99 Å². The highest BCUT2D eigenvalue weighted by atomic mass is 32.2. The maximum absolute atomic E-state index is 12.1. The van der Waals surface area contributed by atoms with E-state index in [-0.39, 0.29) is 5.91 Å². The van der Waals surface area contributed by atoms with Crippen molar-refractivity contribution in [1.82, 2.24) is 5.32 Å². The average molecular weight is 322 g/mol. The van der Waals surface area contributed by atoms with E-state index in [4.69, 9.17) is 0 Å². The van der Waals surface area contributed by atoms with Crippen molar-refractivity contribution in [3.8, 4) is 0 Å². The van der Waals surface area contributed by atoms with Gasteiger partial charge in [0.05, 0.1) is 10.6 Å². The number of amides is 1. The van der Waals surface area contributed by atoms with Crippen LogP contribution in [-0.2, 0) is 4.79 Å². The van der Waals surface area contributed by atoms with Crippen LogP contribution in [0.2, 0.25) is 0 Å². The maximum atomic E-state index is 12.1. The molecule has 0 unspecified atom stereocenters. The summed E-state index contributed by atoms with van der Waals surface area (Å²) < 4.78 is 0. The number of aryl methyl sites for hydroxylation is 3. The first-order valence-electron chi connectivity index (χ1n) is 7.45. The predicted molar refractivity (Wildman–Crippen MR) is 97.9 cm³/mol. The first kappa shape index (κ1) is 15.6. The number of nitrogens with one attached hydrogen (secondary N) is 1. The van der Waals surface area contributed by atoms with Crippen LogP contribution in [0.25, 0.3) is 6.08 Å². The molecule has 1 saturated heterocycles. The van der Waals surface area contributed by atoms with Gasteiger partial charge in [-0.1, -0.05) is 30.3 Å². The highest BCUT2D eigenvalue weighted by Crippen LogP contribution is 2.29. The summed E-state index contributed by atoms with van der Waals surface area (Å²) in [6.07, 6.45) is 1.92. The van der Waals surface area contributed by atoms with E-state index in [1.54, 1.807) is 0 Å². The number of amidine groups is 1. The van der Waals surface area contributed by atoms with E-state index in [2.05, 4.69) is 16.4 Å². The molecule has 0 bridgehead atoms. The molecule has 1 amide bonds. The third kappa shape index (κ3) is 3.71. The van der Waals surface area contributed by atoms with Gasteiger partial charge in [-0.25, -0.2) is 4.99 Å². The van der Waals surface area contributed by atoms with Gasteiger partial charge in [0.1, 0.15) is 0 Å². The molecular weight excluding hydrogens is 304 g/mol. The second kappa shape index (κ2) is 6.42. The van der Waals surface area contributed by atoms with E-state index in [0.29, 0.717) is 10.1 Å². The first-order valence-corrected chi connectivity index (χ1v) is 8.26. The minimum Gasteiger partial charge on any atom is -0.300 e. The van der Waals surface area contributed by atoms with Crippen molar-refractivity contribution >= 4 is 34.6 Å². The van der Waals surface area contributed by atoms with Crippen molar-refractivity contribution in [2.45, 2.75) is 20.8 Å². The van der Waals surface area contributed by atoms with E-state index in [9.17, 15) is 4.79 Å². The van der Waals surface area contributed by atoms with Crippen LogP contribution in [-0.4, -0.2) is 11.1 Å². The van der Waals surface area contributed by atoms with Crippen LogP contribution in [0.1, 0.15) is 22.3 Å². The Morgan fingerprint density at radius 2 is 1.74 bits per heavy atom. The van der Waals surface area contributed by atoms with Crippen molar-refractivity contribution in [3.05, 3.63) is 69.6 Å². The van der Waals surface area contributed by atoms with Gasteiger partial charge in [-0.3, -0.25) is 4.79 Å². The molecule has 1 aliphatic heterocycles. The van der Waals surface area contributed by atoms with Crippen molar-refractivity contribution < 1.29 is 4.79 Å². The molecule has 4 heteroatoms. The molecule has 3 rings (SSSR count). The molecule has 0 radical (unpaired) electrons. The fraction of sp³-hybridized carbons (Fsp3) is 0.158. The van der Waals surface area contributed by atoms with Gasteiger partial charge in [0.15, 0.2) is 5.17 Å². The second-order valence-corrected chi connectivity index (χ2v) is 6.71. The van der Waals surface area contributed by atoms with E-state index >= 15 is 0 Å². The molecule has 0 atom stereocenters. The predicted octanol–water partition coefficient (Wildman–Crippen LogP) is 4.50. The largest absolute Gasteiger partial charge is 0.300 e. The number of aliphatic imine (C=N–C) groups is 1. The Morgan fingerprint density at radius 3 is 2.43 bits per heavy atom. The lowest BCUT2D eigenvalue weighted by molar-refractivity contribution is -0.115. The lowest BCUT2D eigenvalue weighted by atomic mass is 10.1. The fourth-order valence-electron chi connectivity index (χ4n) is 2.50. The normalized spacial score (nSPS) is 17.8. The van der Waals surface area contributed by atoms with Gasteiger partial charge in [-0.05, 0) is 73.0 Å². The Labute approximate surface area is 140 Å². The molecule has 1 heterocycles. The standard InChI is InChI=1S/C19H18N2OS/c1-12-8-13(2)10-16(9-12)20-19-21-18(22)17(23-19)11-15-7-5-4-6-14(15)3/h4-11H,1-3H3,(H,20,21,22). The van der Waals surface area contributed by atoms with Crippen LogP contribution in [0.15, 0.2) is 52.4 Å². The number of hydrogen-bond acceptors (Lipinski definition) is 3. The van der Waals surface area contributed by atoms with Crippen LogP contribution in [0.3, 0.4) is 0 Å². The van der Waals surface area contributed by atoms with Crippen molar-refractivity contribution in [3.63, 3.8) is 0 Å². The summed E-state index contributed by atoms with van der Waals surface area (Å²) in [5, 5.41) is 3.46. The average Bonchev–Trinajstić information content (AvgIpc) is 2.80. The van der Waals surface area contributed by atoms with Gasteiger partial charge in [-0.2, -0.15) is 0 Å². The number of carbonyl (C=O) groups is 1. The molecule has 0 spiro atoms. The topological polar surface area (TPSA) is 41.5 Å². The van der Waals surface area contributed by atoms with Gasteiger partial charge >= 0.3 is 0 Å². The van der Waals surface area contributed by atoms with Gasteiger partial charge < -0.3 is 5.32 Å². The number of nitrogens with zero attached hydrogens (tertiary/aromatic N) is 1. The summed E-state index contributed by atoms with van der Waals surface area (Å²) >= 11 is 1.38. The molecule has 0 aromatic heterocycles. The lowest BCUT2D eigenvalue weighted by Gasteiger charge is -2.01. The van der Waals surface area contributed by atoms with E-state index in [0.717, 1.165) is 27.9 Å². The summed E-state index contributed by atoms with van der Waals surface area (Å²) in [7, 11) is 0. The van der Waals surface area contributed by atoms with Crippen LogP contribution in [0.4, 0.5) is 5.69 Å². The number of hydrogen-bond donors (Lipinski definition) is 1. The summed E-state index contributed by atoms with van der Waals surface area (Å²) in [6.45, 7) is 6.12. The molecule has 1 N–H and O–H groups in total. The van der Waals surface area contributed by atoms with Crippen LogP contribution < -0.4 is 5.32 Å². The zero-order chi connectivity index (χ0) is 16.4. The Morgan fingerprint density at radius 1 is 1.04 bits per heavy atom. The van der Waals surface area contributed by atoms with Crippen LogP contribution in [0.5, 0.6) is 0 Å². The minimum atomic E-state index is -0.0959. The third-order valence-corrected chi connectivity index (χ3v) is 4.47. The molecule has 23 heavy (non-hydrogen) atoms. The highest BCUT2D eigenvalue weighted by Gasteiger charge is 2.23. The lowest BCUT2D eigenvalue weighted by Crippen LogP contribution is -2.19. The summed E-state index contributed by atoms with van der Waals surface area (Å²) in [6, 6.07) is 14.1. The first-order chi connectivity index (χ1) is 11.0. The smallest absolute Gasteiger partial charge is 0.264 e. The van der Waals surface area contributed by atoms with Crippen molar-refractivity contribution in [1.29, 1.82) is 0 Å².